The lowest BCUT2D eigenvalue weighted by atomic mass is 10.2. The summed E-state index contributed by atoms with van der Waals surface area (Å²) in [4.78, 5) is 4.87. The van der Waals surface area contributed by atoms with Gasteiger partial charge in [-0.25, -0.2) is 0 Å². The number of benzene rings is 1. The Balaban J connectivity index is 1.66. The van der Waals surface area contributed by atoms with E-state index in [-0.39, 0.29) is 0 Å². The van der Waals surface area contributed by atoms with E-state index in [1.165, 1.54) is 31.2 Å². The molecule has 0 N–H and O–H groups in total. The Hall–Kier alpha value is -0.980. The van der Waals surface area contributed by atoms with Crippen LogP contribution in [0.5, 0.6) is 11.5 Å². The molecule has 0 amide bonds. The highest BCUT2D eigenvalue weighted by atomic mass is 32.2. The van der Waals surface area contributed by atoms with Crippen LogP contribution in [0, 0.1) is 0 Å². The van der Waals surface area contributed by atoms with Crippen molar-refractivity contribution in [1.82, 2.24) is 9.80 Å². The minimum atomic E-state index is 0.642. The van der Waals surface area contributed by atoms with Crippen molar-refractivity contribution in [1.29, 1.82) is 0 Å². The summed E-state index contributed by atoms with van der Waals surface area (Å²) in [6.07, 6.45) is 5.24. The Bertz CT molecular complexity index is 562. The van der Waals surface area contributed by atoms with Crippen LogP contribution in [0.3, 0.4) is 0 Å². The van der Waals surface area contributed by atoms with Crippen molar-refractivity contribution in [3.63, 3.8) is 0 Å². The molecule has 2 fully saturated rings. The molecular formula is C17H24N2O2S2. The molecule has 1 aliphatic carbocycles. The number of nitrogens with zero attached hydrogens (tertiary/aromatic N) is 2. The van der Waals surface area contributed by atoms with Gasteiger partial charge in [-0.2, -0.15) is 0 Å². The quantitative estimate of drug-likeness (QED) is 0.750. The van der Waals surface area contributed by atoms with Crippen LogP contribution in [0.1, 0.15) is 31.2 Å². The fraction of sp³-hybridized carbons (Fsp3) is 0.588. The predicted molar refractivity (Wildman–Crippen MR) is 99.1 cm³/mol. The number of rotatable bonds is 5. The summed E-state index contributed by atoms with van der Waals surface area (Å²) in [5.74, 6) is 2.52. The minimum Gasteiger partial charge on any atom is -0.493 e. The summed E-state index contributed by atoms with van der Waals surface area (Å²) >= 11 is 7.36. The maximum absolute atomic E-state index is 5.58. The lowest BCUT2D eigenvalue weighted by Gasteiger charge is -2.40. The fourth-order valence-corrected chi connectivity index (χ4v) is 4.56. The average Bonchev–Trinajstić information content (AvgIpc) is 3.10. The largest absolute Gasteiger partial charge is 0.493 e. The third-order valence-electron chi connectivity index (χ3n) is 4.58. The molecule has 1 saturated carbocycles. The number of thiocarbonyl (C=S) groups is 1. The van der Waals surface area contributed by atoms with Crippen molar-refractivity contribution in [2.75, 3.05) is 26.8 Å². The smallest absolute Gasteiger partial charge is 0.161 e. The lowest BCUT2D eigenvalue weighted by Crippen LogP contribution is -2.48. The summed E-state index contributed by atoms with van der Waals surface area (Å²) < 4.78 is 11.8. The number of hydrogen-bond acceptors (Lipinski definition) is 5. The van der Waals surface area contributed by atoms with E-state index in [4.69, 9.17) is 21.7 Å². The fourth-order valence-electron chi connectivity index (χ4n) is 3.36. The number of thioether (sulfide) groups is 1. The Labute approximate surface area is 148 Å². The van der Waals surface area contributed by atoms with E-state index in [9.17, 15) is 0 Å². The van der Waals surface area contributed by atoms with Gasteiger partial charge in [-0.05, 0) is 30.5 Å². The van der Waals surface area contributed by atoms with Crippen molar-refractivity contribution in [2.24, 2.45) is 0 Å². The van der Waals surface area contributed by atoms with Crippen LogP contribution in [-0.2, 0) is 6.54 Å². The molecule has 126 valence electrons. The van der Waals surface area contributed by atoms with Crippen LogP contribution in [-0.4, -0.2) is 46.9 Å². The van der Waals surface area contributed by atoms with Gasteiger partial charge in [0.2, 0.25) is 0 Å². The zero-order valence-corrected chi connectivity index (χ0v) is 15.4. The van der Waals surface area contributed by atoms with E-state index in [2.05, 4.69) is 21.9 Å². The summed E-state index contributed by atoms with van der Waals surface area (Å²) in [5.41, 5.74) is 1.24. The molecule has 1 aromatic carbocycles. The first kappa shape index (κ1) is 16.9. The molecule has 2 aliphatic rings. The second-order valence-electron chi connectivity index (χ2n) is 6.11. The van der Waals surface area contributed by atoms with Gasteiger partial charge in [0.15, 0.2) is 11.5 Å². The topological polar surface area (TPSA) is 24.9 Å². The van der Waals surface area contributed by atoms with Crippen LogP contribution in [0.15, 0.2) is 18.2 Å². The Kier molecular flexibility index (Phi) is 5.67. The molecule has 0 unspecified atom stereocenters. The van der Waals surface area contributed by atoms with Crippen LogP contribution in [0.25, 0.3) is 0 Å². The monoisotopic (exact) mass is 352 g/mol. The van der Waals surface area contributed by atoms with Gasteiger partial charge in [-0.3, -0.25) is 4.90 Å². The molecule has 3 rings (SSSR count). The minimum absolute atomic E-state index is 0.642. The third kappa shape index (κ3) is 3.92. The van der Waals surface area contributed by atoms with E-state index < -0.39 is 0 Å². The lowest BCUT2D eigenvalue weighted by molar-refractivity contribution is 0.170. The molecule has 0 atom stereocenters. The summed E-state index contributed by atoms with van der Waals surface area (Å²) in [7, 11) is 3.35. The summed E-state index contributed by atoms with van der Waals surface area (Å²) in [5, 5.41) is 0. The molecule has 1 heterocycles. The van der Waals surface area contributed by atoms with Gasteiger partial charge in [0.25, 0.3) is 0 Å². The first-order valence-electron chi connectivity index (χ1n) is 8.08. The Morgan fingerprint density at radius 1 is 1.17 bits per heavy atom. The van der Waals surface area contributed by atoms with Crippen molar-refractivity contribution in [2.45, 2.75) is 38.3 Å². The third-order valence-corrected chi connectivity index (χ3v) is 6.14. The first-order chi connectivity index (χ1) is 11.2. The average molecular weight is 353 g/mol. The normalized spacial score (nSPS) is 20.1. The molecule has 0 spiro atoms. The van der Waals surface area contributed by atoms with Crippen molar-refractivity contribution >= 4 is 28.3 Å². The van der Waals surface area contributed by atoms with Crippen molar-refractivity contribution in [3.05, 3.63) is 23.8 Å². The Morgan fingerprint density at radius 3 is 2.61 bits per heavy atom. The zero-order valence-electron chi connectivity index (χ0n) is 13.8. The van der Waals surface area contributed by atoms with Gasteiger partial charge in [0.1, 0.15) is 4.32 Å². The first-order valence-corrected chi connectivity index (χ1v) is 9.47. The van der Waals surface area contributed by atoms with Gasteiger partial charge in [0, 0.05) is 12.6 Å². The number of ether oxygens (including phenoxy) is 2. The van der Waals surface area contributed by atoms with Gasteiger partial charge in [-0.1, -0.05) is 42.9 Å². The molecule has 0 bridgehead atoms. The molecule has 6 heteroatoms. The molecule has 0 radical (unpaired) electrons. The van der Waals surface area contributed by atoms with Crippen LogP contribution >= 0.6 is 24.0 Å². The SMILES string of the molecule is COc1ccc(CN2CSC(=S)N(C3CCCC3)C2)cc1OC. The van der Waals surface area contributed by atoms with E-state index in [1.54, 1.807) is 26.0 Å². The molecule has 1 saturated heterocycles. The van der Waals surface area contributed by atoms with E-state index >= 15 is 0 Å². The zero-order chi connectivity index (χ0) is 16.2. The standard InChI is InChI=1S/C17H24N2O2S2/c1-20-15-8-7-13(9-16(15)21-2)10-18-11-19(17(22)23-12-18)14-5-3-4-6-14/h7-9,14H,3-6,10-12H2,1-2H3. The maximum Gasteiger partial charge on any atom is 0.161 e. The van der Waals surface area contributed by atoms with Gasteiger partial charge in [0.05, 0.1) is 26.8 Å². The van der Waals surface area contributed by atoms with E-state index in [1.807, 2.05) is 6.07 Å². The second-order valence-corrected chi connectivity index (χ2v) is 7.69. The van der Waals surface area contributed by atoms with E-state index in [0.717, 1.165) is 34.9 Å². The van der Waals surface area contributed by atoms with Gasteiger partial charge in [-0.15, -0.1) is 0 Å². The van der Waals surface area contributed by atoms with Crippen molar-refractivity contribution < 1.29 is 9.47 Å². The second kappa shape index (κ2) is 7.73. The van der Waals surface area contributed by atoms with Crippen LogP contribution < -0.4 is 9.47 Å². The highest BCUT2D eigenvalue weighted by Crippen LogP contribution is 2.31. The van der Waals surface area contributed by atoms with Gasteiger partial charge >= 0.3 is 0 Å². The molecule has 1 aromatic rings. The summed E-state index contributed by atoms with van der Waals surface area (Å²) in [6.45, 7) is 1.84. The van der Waals surface area contributed by atoms with Crippen LogP contribution in [0.2, 0.25) is 0 Å². The molecule has 1 aliphatic heterocycles. The molecule has 23 heavy (non-hydrogen) atoms. The number of hydrogen-bond donors (Lipinski definition) is 0. The highest BCUT2D eigenvalue weighted by molar-refractivity contribution is 8.22. The predicted octanol–water partition coefficient (Wildman–Crippen LogP) is 3.70. The molecule has 0 aromatic heterocycles. The summed E-state index contributed by atoms with van der Waals surface area (Å²) in [6, 6.07) is 6.79. The Morgan fingerprint density at radius 2 is 1.91 bits per heavy atom. The van der Waals surface area contributed by atoms with E-state index in [0.29, 0.717) is 6.04 Å². The molecular weight excluding hydrogens is 328 g/mol. The maximum atomic E-state index is 5.58. The molecule has 4 nitrogen and oxygen atoms in total. The van der Waals surface area contributed by atoms with Crippen molar-refractivity contribution in [3.8, 4) is 11.5 Å². The van der Waals surface area contributed by atoms with Crippen LogP contribution in [0.4, 0.5) is 0 Å². The van der Waals surface area contributed by atoms with Gasteiger partial charge < -0.3 is 14.4 Å². The highest BCUT2D eigenvalue weighted by Gasteiger charge is 2.29. The number of methoxy groups -OCH3 is 2.